The van der Waals surface area contributed by atoms with Crippen LogP contribution < -0.4 is 5.32 Å². The average Bonchev–Trinajstić information content (AvgIpc) is 2.39. The Kier molecular flexibility index (Phi) is 4.83. The van der Waals surface area contributed by atoms with E-state index in [1.165, 1.54) is 37.2 Å². The van der Waals surface area contributed by atoms with E-state index in [4.69, 9.17) is 11.6 Å². The lowest BCUT2D eigenvalue weighted by Gasteiger charge is -2.22. The average molecular weight is 286 g/mol. The van der Waals surface area contributed by atoms with Crippen LogP contribution in [0.1, 0.15) is 42.5 Å². The molecule has 0 bridgehead atoms. The van der Waals surface area contributed by atoms with Gasteiger partial charge in [0.2, 0.25) is 0 Å². The molecule has 1 amide bonds. The van der Waals surface area contributed by atoms with Crippen LogP contribution >= 0.6 is 23.4 Å². The van der Waals surface area contributed by atoms with Crippen LogP contribution in [0.4, 0.5) is 0 Å². The van der Waals surface area contributed by atoms with Gasteiger partial charge in [-0.1, -0.05) is 42.6 Å². The third-order valence-corrected chi connectivity index (χ3v) is 3.94. The molecular weight excluding hydrogens is 270 g/mol. The zero-order valence-corrected chi connectivity index (χ0v) is 11.9. The third kappa shape index (κ3) is 3.36. The highest BCUT2D eigenvalue weighted by Gasteiger charge is 2.19. The van der Waals surface area contributed by atoms with E-state index in [2.05, 4.69) is 15.3 Å². The molecule has 1 aliphatic carbocycles. The van der Waals surface area contributed by atoms with Crippen molar-refractivity contribution in [2.24, 2.45) is 0 Å². The molecule has 1 heterocycles. The third-order valence-electron chi connectivity index (χ3n) is 3.09. The fourth-order valence-corrected chi connectivity index (χ4v) is 2.71. The highest BCUT2D eigenvalue weighted by Crippen LogP contribution is 2.20. The Morgan fingerprint density at radius 1 is 1.44 bits per heavy atom. The van der Waals surface area contributed by atoms with Crippen molar-refractivity contribution in [3.8, 4) is 0 Å². The van der Waals surface area contributed by atoms with Crippen LogP contribution in [0.5, 0.6) is 0 Å². The first-order valence-corrected chi connectivity index (χ1v) is 7.68. The maximum Gasteiger partial charge on any atom is 0.256 e. The number of thioether (sulfide) groups is 1. The Bertz CT molecular complexity index is 435. The number of hydrogen-bond acceptors (Lipinski definition) is 4. The van der Waals surface area contributed by atoms with Gasteiger partial charge in [-0.3, -0.25) is 4.79 Å². The summed E-state index contributed by atoms with van der Waals surface area (Å²) in [6, 6.07) is 0.266. The van der Waals surface area contributed by atoms with Crippen molar-refractivity contribution >= 4 is 29.3 Å². The van der Waals surface area contributed by atoms with Gasteiger partial charge in [-0.05, 0) is 19.1 Å². The molecule has 1 aromatic heterocycles. The number of nitrogens with one attached hydrogen (secondary N) is 1. The largest absolute Gasteiger partial charge is 0.349 e. The van der Waals surface area contributed by atoms with E-state index in [1.54, 1.807) is 0 Å². The molecule has 6 heteroatoms. The number of carbonyl (C=O) groups is 1. The lowest BCUT2D eigenvalue weighted by molar-refractivity contribution is 0.0927. The zero-order valence-electron chi connectivity index (χ0n) is 10.3. The van der Waals surface area contributed by atoms with E-state index < -0.39 is 0 Å². The highest BCUT2D eigenvalue weighted by atomic mass is 35.5. The lowest BCUT2D eigenvalue weighted by atomic mass is 9.95. The predicted octanol–water partition coefficient (Wildman–Crippen LogP) is 2.91. The summed E-state index contributed by atoms with van der Waals surface area (Å²) < 4.78 is 0. The van der Waals surface area contributed by atoms with Gasteiger partial charge in [-0.25, -0.2) is 9.97 Å². The molecule has 0 saturated heterocycles. The van der Waals surface area contributed by atoms with Gasteiger partial charge in [-0.2, -0.15) is 0 Å². The first kappa shape index (κ1) is 13.6. The van der Waals surface area contributed by atoms with Crippen molar-refractivity contribution in [1.82, 2.24) is 15.3 Å². The Morgan fingerprint density at radius 2 is 2.17 bits per heavy atom. The molecule has 0 unspecified atom stereocenters. The Morgan fingerprint density at radius 3 is 2.78 bits per heavy atom. The summed E-state index contributed by atoms with van der Waals surface area (Å²) in [5.74, 6) is -0.167. The second-order valence-corrected chi connectivity index (χ2v) is 5.50. The first-order valence-electron chi connectivity index (χ1n) is 6.08. The molecular formula is C12H16ClN3OS. The molecule has 1 saturated carbocycles. The van der Waals surface area contributed by atoms with Gasteiger partial charge in [0, 0.05) is 12.2 Å². The molecule has 0 aromatic carbocycles. The van der Waals surface area contributed by atoms with Gasteiger partial charge >= 0.3 is 0 Å². The molecule has 0 aliphatic heterocycles. The topological polar surface area (TPSA) is 54.9 Å². The first-order chi connectivity index (χ1) is 8.70. The smallest absolute Gasteiger partial charge is 0.256 e. The summed E-state index contributed by atoms with van der Waals surface area (Å²) in [6.07, 6.45) is 9.09. The maximum atomic E-state index is 12.1. The fraction of sp³-hybridized carbons (Fsp3) is 0.583. The van der Waals surface area contributed by atoms with Crippen molar-refractivity contribution in [3.05, 3.63) is 16.9 Å². The van der Waals surface area contributed by atoms with Crippen molar-refractivity contribution in [2.45, 2.75) is 43.3 Å². The van der Waals surface area contributed by atoms with Crippen molar-refractivity contribution in [1.29, 1.82) is 0 Å². The molecule has 2 rings (SSSR count). The van der Waals surface area contributed by atoms with Crippen LogP contribution in [0, 0.1) is 0 Å². The Hall–Kier alpha value is -0.810. The molecule has 1 N–H and O–H groups in total. The molecule has 1 aromatic rings. The molecule has 0 radical (unpaired) electrons. The van der Waals surface area contributed by atoms with E-state index in [0.29, 0.717) is 10.7 Å². The van der Waals surface area contributed by atoms with Crippen LogP contribution in [-0.2, 0) is 0 Å². The van der Waals surface area contributed by atoms with Crippen LogP contribution in [0.25, 0.3) is 0 Å². The minimum absolute atomic E-state index is 0.167. The maximum absolute atomic E-state index is 12.1. The number of nitrogens with zero attached hydrogens (tertiary/aromatic N) is 2. The van der Waals surface area contributed by atoms with E-state index >= 15 is 0 Å². The number of rotatable bonds is 3. The minimum Gasteiger partial charge on any atom is -0.349 e. The summed E-state index contributed by atoms with van der Waals surface area (Å²) in [6.45, 7) is 0. The van der Waals surface area contributed by atoms with Crippen molar-refractivity contribution in [3.63, 3.8) is 0 Å². The lowest BCUT2D eigenvalue weighted by Crippen LogP contribution is -2.36. The Balaban J connectivity index is 2.03. The molecule has 18 heavy (non-hydrogen) atoms. The van der Waals surface area contributed by atoms with Gasteiger partial charge < -0.3 is 5.32 Å². The number of amides is 1. The fourth-order valence-electron chi connectivity index (χ4n) is 2.11. The molecule has 1 fully saturated rings. The van der Waals surface area contributed by atoms with Crippen molar-refractivity contribution < 1.29 is 4.79 Å². The van der Waals surface area contributed by atoms with E-state index in [1.807, 2.05) is 6.26 Å². The van der Waals surface area contributed by atoms with Crippen LogP contribution in [0.15, 0.2) is 11.4 Å². The number of halogens is 1. The summed E-state index contributed by atoms with van der Waals surface area (Å²) in [4.78, 5) is 20.2. The van der Waals surface area contributed by atoms with Gasteiger partial charge in [-0.15, -0.1) is 0 Å². The molecule has 0 spiro atoms. The van der Waals surface area contributed by atoms with E-state index in [-0.39, 0.29) is 17.1 Å². The quantitative estimate of drug-likeness (QED) is 0.527. The standard InChI is InChI=1S/C12H16ClN3OS/c1-18-12-14-7-9(10(13)16-12)11(17)15-8-5-3-2-4-6-8/h7-8H,2-6H2,1H3,(H,15,17). The van der Waals surface area contributed by atoms with Crippen LogP contribution in [0.2, 0.25) is 5.15 Å². The minimum atomic E-state index is -0.167. The highest BCUT2D eigenvalue weighted by molar-refractivity contribution is 7.98. The van der Waals surface area contributed by atoms with Gasteiger partial charge in [0.05, 0.1) is 5.56 Å². The van der Waals surface area contributed by atoms with Gasteiger partial charge in [0.15, 0.2) is 5.16 Å². The SMILES string of the molecule is CSc1ncc(C(=O)NC2CCCCC2)c(Cl)n1. The normalized spacial score (nSPS) is 16.6. The van der Waals surface area contributed by atoms with E-state index in [9.17, 15) is 4.79 Å². The van der Waals surface area contributed by atoms with Crippen LogP contribution in [0.3, 0.4) is 0 Å². The summed E-state index contributed by atoms with van der Waals surface area (Å²) in [5.41, 5.74) is 0.361. The number of hydrogen-bond donors (Lipinski definition) is 1. The molecule has 4 nitrogen and oxygen atoms in total. The zero-order chi connectivity index (χ0) is 13.0. The summed E-state index contributed by atoms with van der Waals surface area (Å²) in [7, 11) is 0. The molecule has 1 aliphatic rings. The number of aromatic nitrogens is 2. The summed E-state index contributed by atoms with van der Waals surface area (Å²) in [5, 5.41) is 3.81. The predicted molar refractivity (Wildman–Crippen MR) is 73.2 cm³/mol. The molecule has 98 valence electrons. The molecule has 0 atom stereocenters. The monoisotopic (exact) mass is 285 g/mol. The number of carbonyl (C=O) groups excluding carboxylic acids is 1. The van der Waals surface area contributed by atoms with Gasteiger partial charge in [0.1, 0.15) is 5.15 Å². The van der Waals surface area contributed by atoms with E-state index in [0.717, 1.165) is 12.8 Å². The summed E-state index contributed by atoms with van der Waals surface area (Å²) >= 11 is 7.40. The van der Waals surface area contributed by atoms with Crippen molar-refractivity contribution in [2.75, 3.05) is 6.26 Å². The van der Waals surface area contributed by atoms with Crippen LogP contribution in [-0.4, -0.2) is 28.2 Å². The van der Waals surface area contributed by atoms with Gasteiger partial charge in [0.25, 0.3) is 5.91 Å². The second kappa shape index (κ2) is 6.38. The Labute approximate surface area is 116 Å². The second-order valence-electron chi connectivity index (χ2n) is 4.37.